The number of carbonyl (C=O) groups is 1. The van der Waals surface area contributed by atoms with E-state index in [9.17, 15) is 4.79 Å². The summed E-state index contributed by atoms with van der Waals surface area (Å²) >= 11 is 4.50. The van der Waals surface area contributed by atoms with Crippen molar-refractivity contribution in [3.8, 4) is 16.3 Å². The summed E-state index contributed by atoms with van der Waals surface area (Å²) < 4.78 is 1.66. The number of benzene rings is 1. The Morgan fingerprint density at radius 2 is 2.04 bits per heavy atom. The number of nitrogens with one attached hydrogen (secondary N) is 1. The first-order chi connectivity index (χ1) is 13.3. The predicted molar refractivity (Wildman–Crippen MR) is 109 cm³/mol. The summed E-state index contributed by atoms with van der Waals surface area (Å²) in [5.41, 5.74) is 1.78. The molecule has 0 fully saturated rings. The van der Waals surface area contributed by atoms with E-state index in [4.69, 9.17) is 0 Å². The van der Waals surface area contributed by atoms with Crippen LogP contribution in [0, 0.1) is 0 Å². The zero-order chi connectivity index (χ0) is 18.5. The molecule has 0 aliphatic rings. The van der Waals surface area contributed by atoms with Gasteiger partial charge in [-0.05, 0) is 34.0 Å². The van der Waals surface area contributed by atoms with Crippen LogP contribution in [0.2, 0.25) is 0 Å². The van der Waals surface area contributed by atoms with Gasteiger partial charge in [-0.15, -0.1) is 27.8 Å². The molecule has 0 saturated carbocycles. The van der Waals surface area contributed by atoms with Crippen LogP contribution in [0.1, 0.15) is 6.42 Å². The molecule has 0 radical (unpaired) electrons. The molecule has 7 nitrogen and oxygen atoms in total. The van der Waals surface area contributed by atoms with Gasteiger partial charge < -0.3 is 5.32 Å². The van der Waals surface area contributed by atoms with Crippen molar-refractivity contribution in [3.63, 3.8) is 0 Å². The maximum absolute atomic E-state index is 12.2. The van der Waals surface area contributed by atoms with Crippen LogP contribution in [-0.2, 0) is 4.79 Å². The average Bonchev–Trinajstić information content (AvgIpc) is 3.44. The fraction of sp³-hybridized carbons (Fsp3) is 0.118. The smallest absolute Gasteiger partial charge is 0.226 e. The van der Waals surface area contributed by atoms with Crippen molar-refractivity contribution in [1.82, 2.24) is 25.2 Å². The monoisotopic (exact) mass is 414 g/mol. The van der Waals surface area contributed by atoms with Crippen molar-refractivity contribution in [2.45, 2.75) is 11.6 Å². The minimum atomic E-state index is -0.0756. The van der Waals surface area contributed by atoms with Gasteiger partial charge in [-0.25, -0.2) is 4.98 Å². The number of hydrogen-bond donors (Lipinski definition) is 1. The quantitative estimate of drug-likeness (QED) is 0.461. The van der Waals surface area contributed by atoms with E-state index in [0.717, 1.165) is 16.3 Å². The van der Waals surface area contributed by atoms with Crippen LogP contribution in [0.4, 0.5) is 5.13 Å². The molecule has 1 amide bonds. The number of nitrogens with zero attached hydrogens (tertiary/aromatic N) is 5. The largest absolute Gasteiger partial charge is 0.302 e. The van der Waals surface area contributed by atoms with Crippen LogP contribution < -0.4 is 5.32 Å². The second-order valence-corrected chi connectivity index (χ2v) is 8.24. The Hall–Kier alpha value is -2.56. The van der Waals surface area contributed by atoms with Gasteiger partial charge in [0, 0.05) is 17.6 Å². The van der Waals surface area contributed by atoms with Gasteiger partial charge in [-0.2, -0.15) is 4.68 Å². The number of carbonyl (C=O) groups excluding carboxylic acids is 1. The number of tetrazole rings is 1. The second kappa shape index (κ2) is 8.42. The first kappa shape index (κ1) is 17.8. The van der Waals surface area contributed by atoms with E-state index in [2.05, 4.69) is 25.8 Å². The van der Waals surface area contributed by atoms with Crippen molar-refractivity contribution in [2.75, 3.05) is 11.1 Å². The summed E-state index contributed by atoms with van der Waals surface area (Å²) in [5, 5.41) is 19.8. The van der Waals surface area contributed by atoms with Gasteiger partial charge in [0.15, 0.2) is 5.13 Å². The molecular formula is C17H14N6OS3. The molecule has 4 aromatic rings. The Kier molecular flexibility index (Phi) is 5.56. The molecule has 1 N–H and O–H groups in total. The predicted octanol–water partition coefficient (Wildman–Crippen LogP) is 3.97. The fourth-order valence-corrected chi connectivity index (χ4v) is 4.60. The fourth-order valence-electron chi connectivity index (χ4n) is 2.29. The summed E-state index contributed by atoms with van der Waals surface area (Å²) in [6, 6.07) is 13.7. The maximum Gasteiger partial charge on any atom is 0.226 e. The topological polar surface area (TPSA) is 85.6 Å². The molecule has 3 aromatic heterocycles. The third-order valence-electron chi connectivity index (χ3n) is 3.53. The number of thiophene rings is 1. The Morgan fingerprint density at radius 3 is 2.85 bits per heavy atom. The lowest BCUT2D eigenvalue weighted by atomic mass is 10.3. The molecule has 136 valence electrons. The molecule has 0 unspecified atom stereocenters. The minimum absolute atomic E-state index is 0.0756. The Morgan fingerprint density at radius 1 is 1.15 bits per heavy atom. The molecule has 0 saturated heterocycles. The number of anilines is 1. The zero-order valence-electron chi connectivity index (χ0n) is 14.0. The minimum Gasteiger partial charge on any atom is -0.302 e. The third kappa shape index (κ3) is 4.41. The van der Waals surface area contributed by atoms with Crippen LogP contribution >= 0.6 is 34.4 Å². The Bertz CT molecular complexity index is 1010. The molecule has 4 rings (SSSR count). The molecular weight excluding hydrogens is 400 g/mol. The molecule has 0 bridgehead atoms. The van der Waals surface area contributed by atoms with E-state index in [1.165, 1.54) is 23.1 Å². The number of rotatable bonds is 7. The number of thiazole rings is 1. The normalized spacial score (nSPS) is 10.8. The highest BCUT2D eigenvalue weighted by atomic mass is 32.2. The summed E-state index contributed by atoms with van der Waals surface area (Å²) in [5.74, 6) is 0.496. The van der Waals surface area contributed by atoms with E-state index in [1.807, 2.05) is 53.2 Å². The maximum atomic E-state index is 12.2. The molecule has 10 heteroatoms. The van der Waals surface area contributed by atoms with Crippen LogP contribution in [0.15, 0.2) is 58.4 Å². The molecule has 0 aliphatic heterocycles. The Balaban J connectivity index is 1.30. The lowest BCUT2D eigenvalue weighted by Gasteiger charge is -2.04. The van der Waals surface area contributed by atoms with Crippen LogP contribution in [0.3, 0.4) is 0 Å². The van der Waals surface area contributed by atoms with Gasteiger partial charge in [0.25, 0.3) is 0 Å². The van der Waals surface area contributed by atoms with Crippen LogP contribution in [-0.4, -0.2) is 36.9 Å². The van der Waals surface area contributed by atoms with Gasteiger partial charge in [-0.3, -0.25) is 4.79 Å². The molecule has 0 atom stereocenters. The highest BCUT2D eigenvalue weighted by Gasteiger charge is 2.12. The molecule has 27 heavy (non-hydrogen) atoms. The van der Waals surface area contributed by atoms with Crippen molar-refractivity contribution in [1.29, 1.82) is 0 Å². The third-order valence-corrected chi connectivity index (χ3v) is 6.10. The first-order valence-corrected chi connectivity index (χ1v) is 10.8. The standard InChI is InChI=1S/C17H14N6OS3/c24-15(19-16-18-13(11-27-16)14-7-4-9-25-14)8-10-26-17-20-21-22-23(17)12-5-2-1-3-6-12/h1-7,9,11H,8,10H2,(H,18,19,24). The SMILES string of the molecule is O=C(CCSc1nnnn1-c1ccccc1)Nc1nc(-c2cccs2)cs1. The summed E-state index contributed by atoms with van der Waals surface area (Å²) in [6.45, 7) is 0. The number of aromatic nitrogens is 5. The van der Waals surface area contributed by atoms with Gasteiger partial charge in [0.05, 0.1) is 16.3 Å². The molecule has 1 aromatic carbocycles. The van der Waals surface area contributed by atoms with Crippen molar-refractivity contribution >= 4 is 45.5 Å². The molecule has 3 heterocycles. The summed E-state index contributed by atoms with van der Waals surface area (Å²) in [6.07, 6.45) is 0.347. The second-order valence-electron chi connectivity index (χ2n) is 5.37. The van der Waals surface area contributed by atoms with E-state index in [0.29, 0.717) is 22.5 Å². The first-order valence-electron chi connectivity index (χ1n) is 8.05. The highest BCUT2D eigenvalue weighted by Crippen LogP contribution is 2.28. The van der Waals surface area contributed by atoms with Gasteiger partial charge in [-0.1, -0.05) is 36.0 Å². The van der Waals surface area contributed by atoms with Gasteiger partial charge in [0.1, 0.15) is 0 Å². The number of amides is 1. The van der Waals surface area contributed by atoms with Crippen LogP contribution in [0.25, 0.3) is 16.3 Å². The summed E-state index contributed by atoms with van der Waals surface area (Å²) in [7, 11) is 0. The lowest BCUT2D eigenvalue weighted by molar-refractivity contribution is -0.115. The van der Waals surface area contributed by atoms with E-state index in [-0.39, 0.29) is 5.91 Å². The number of hydrogen-bond acceptors (Lipinski definition) is 8. The average molecular weight is 415 g/mol. The van der Waals surface area contributed by atoms with Gasteiger partial charge >= 0.3 is 0 Å². The number of thioether (sulfide) groups is 1. The van der Waals surface area contributed by atoms with Crippen molar-refractivity contribution in [3.05, 3.63) is 53.2 Å². The molecule has 0 spiro atoms. The number of para-hydroxylation sites is 1. The zero-order valence-corrected chi connectivity index (χ0v) is 16.4. The van der Waals surface area contributed by atoms with E-state index < -0.39 is 0 Å². The van der Waals surface area contributed by atoms with E-state index in [1.54, 1.807) is 16.0 Å². The Labute approximate surface area is 167 Å². The van der Waals surface area contributed by atoms with Gasteiger partial charge in [0.2, 0.25) is 11.1 Å². The molecule has 0 aliphatic carbocycles. The van der Waals surface area contributed by atoms with Crippen molar-refractivity contribution < 1.29 is 4.79 Å². The van der Waals surface area contributed by atoms with E-state index >= 15 is 0 Å². The lowest BCUT2D eigenvalue weighted by Crippen LogP contribution is -2.12. The highest BCUT2D eigenvalue weighted by molar-refractivity contribution is 7.99. The van der Waals surface area contributed by atoms with Crippen molar-refractivity contribution in [2.24, 2.45) is 0 Å². The summed E-state index contributed by atoms with van der Waals surface area (Å²) in [4.78, 5) is 17.7. The van der Waals surface area contributed by atoms with Crippen LogP contribution in [0.5, 0.6) is 0 Å².